The molecule has 3 rings (SSSR count). The smallest absolute Gasteiger partial charge is 0.146 e. The van der Waals surface area contributed by atoms with Crippen molar-refractivity contribution in [3.63, 3.8) is 0 Å². The second-order valence-corrected chi connectivity index (χ2v) is 6.29. The number of hydrogen-bond donors (Lipinski definition) is 1. The van der Waals surface area contributed by atoms with Crippen LogP contribution in [0.5, 0.6) is 11.5 Å². The third-order valence-corrected chi connectivity index (χ3v) is 4.02. The number of ether oxygens (including phenoxy) is 1. The number of aryl methyl sites for hydroxylation is 1. The van der Waals surface area contributed by atoms with E-state index in [-0.39, 0.29) is 0 Å². The lowest BCUT2D eigenvalue weighted by atomic mass is 10.2. The number of halogens is 2. The fraction of sp³-hybridized carbons (Fsp3) is 0.294. The van der Waals surface area contributed by atoms with E-state index in [1.807, 2.05) is 43.3 Å². The highest BCUT2D eigenvalue weighted by molar-refractivity contribution is 6.32. The minimum absolute atomic E-state index is 0.617. The molecule has 2 aromatic carbocycles. The van der Waals surface area contributed by atoms with Crippen molar-refractivity contribution in [2.75, 3.05) is 0 Å². The number of nitrogens with one attached hydrogen (secondary N) is 1. The van der Waals surface area contributed by atoms with Crippen LogP contribution in [0.15, 0.2) is 36.4 Å². The zero-order chi connectivity index (χ0) is 14.8. The first-order valence-electron chi connectivity index (χ1n) is 7.07. The van der Waals surface area contributed by atoms with Gasteiger partial charge in [0.05, 0.1) is 5.02 Å². The van der Waals surface area contributed by atoms with Gasteiger partial charge in [-0.3, -0.25) is 0 Å². The molecule has 1 N–H and O–H groups in total. The second-order valence-electron chi connectivity index (χ2n) is 5.44. The van der Waals surface area contributed by atoms with Gasteiger partial charge in [-0.25, -0.2) is 0 Å². The lowest BCUT2D eigenvalue weighted by Crippen LogP contribution is -2.15. The maximum absolute atomic E-state index is 6.23. The van der Waals surface area contributed by atoms with Gasteiger partial charge in [0.15, 0.2) is 0 Å². The third-order valence-electron chi connectivity index (χ3n) is 3.49. The summed E-state index contributed by atoms with van der Waals surface area (Å²) in [5.41, 5.74) is 2.16. The fourth-order valence-electron chi connectivity index (χ4n) is 2.13. The van der Waals surface area contributed by atoms with Gasteiger partial charge in [-0.05, 0) is 55.7 Å². The Morgan fingerprint density at radius 2 is 1.86 bits per heavy atom. The van der Waals surface area contributed by atoms with Crippen LogP contribution in [0.25, 0.3) is 0 Å². The Morgan fingerprint density at radius 1 is 1.10 bits per heavy atom. The lowest BCUT2D eigenvalue weighted by molar-refractivity contribution is 0.472. The number of hydrogen-bond acceptors (Lipinski definition) is 2. The van der Waals surface area contributed by atoms with Crippen LogP contribution >= 0.6 is 23.2 Å². The van der Waals surface area contributed by atoms with Crippen LogP contribution in [0, 0.1) is 6.92 Å². The Kier molecular flexibility index (Phi) is 4.39. The van der Waals surface area contributed by atoms with E-state index in [1.165, 1.54) is 12.8 Å². The molecule has 0 heterocycles. The molecule has 0 aliphatic heterocycles. The summed E-state index contributed by atoms with van der Waals surface area (Å²) < 4.78 is 5.97. The van der Waals surface area contributed by atoms with Crippen molar-refractivity contribution < 1.29 is 4.74 Å². The highest BCUT2D eigenvalue weighted by Crippen LogP contribution is 2.33. The van der Waals surface area contributed by atoms with Gasteiger partial charge in [0.1, 0.15) is 11.5 Å². The van der Waals surface area contributed by atoms with E-state index in [0.717, 1.165) is 23.4 Å². The van der Waals surface area contributed by atoms with E-state index in [9.17, 15) is 0 Å². The summed E-state index contributed by atoms with van der Waals surface area (Å²) in [6, 6.07) is 12.1. The standard InChI is InChI=1S/C17H17Cl2NO/c1-11-2-6-17(15(19)8-11)21-16-7-3-13(18)9-12(16)10-20-14-4-5-14/h2-3,6-9,14,20H,4-5,10H2,1H3. The minimum atomic E-state index is 0.617. The van der Waals surface area contributed by atoms with Crippen molar-refractivity contribution in [3.05, 3.63) is 57.6 Å². The summed E-state index contributed by atoms with van der Waals surface area (Å²) in [5.74, 6) is 1.45. The fourth-order valence-corrected chi connectivity index (χ4v) is 2.60. The minimum Gasteiger partial charge on any atom is -0.455 e. The van der Waals surface area contributed by atoms with Crippen LogP contribution in [0.1, 0.15) is 24.0 Å². The Hall–Kier alpha value is -1.22. The summed E-state index contributed by atoms with van der Waals surface area (Å²) in [4.78, 5) is 0. The van der Waals surface area contributed by atoms with Crippen LogP contribution in [-0.4, -0.2) is 6.04 Å². The molecule has 0 saturated heterocycles. The average molecular weight is 322 g/mol. The quantitative estimate of drug-likeness (QED) is 0.801. The molecule has 2 nitrogen and oxygen atoms in total. The molecular formula is C17H17Cl2NO. The Morgan fingerprint density at radius 3 is 2.57 bits per heavy atom. The molecule has 1 fully saturated rings. The maximum atomic E-state index is 6.23. The Balaban J connectivity index is 1.82. The summed E-state index contributed by atoms with van der Waals surface area (Å²) in [6.07, 6.45) is 2.50. The van der Waals surface area contributed by atoms with Gasteiger partial charge in [-0.15, -0.1) is 0 Å². The van der Waals surface area contributed by atoms with Gasteiger partial charge in [0.2, 0.25) is 0 Å². The zero-order valence-corrected chi connectivity index (χ0v) is 13.3. The van der Waals surface area contributed by atoms with E-state index >= 15 is 0 Å². The van der Waals surface area contributed by atoms with Gasteiger partial charge in [-0.1, -0.05) is 29.3 Å². The van der Waals surface area contributed by atoms with Gasteiger partial charge < -0.3 is 10.1 Å². The molecule has 1 saturated carbocycles. The molecule has 21 heavy (non-hydrogen) atoms. The van der Waals surface area contributed by atoms with Gasteiger partial charge in [-0.2, -0.15) is 0 Å². The largest absolute Gasteiger partial charge is 0.455 e. The van der Waals surface area contributed by atoms with Crippen LogP contribution in [-0.2, 0) is 6.54 Å². The second kappa shape index (κ2) is 6.27. The van der Waals surface area contributed by atoms with E-state index in [4.69, 9.17) is 27.9 Å². The van der Waals surface area contributed by atoms with Crippen molar-refractivity contribution >= 4 is 23.2 Å². The predicted octanol–water partition coefficient (Wildman–Crippen LogP) is 5.35. The number of rotatable bonds is 5. The van der Waals surface area contributed by atoms with E-state index < -0.39 is 0 Å². The molecule has 0 bridgehead atoms. The lowest BCUT2D eigenvalue weighted by Gasteiger charge is -2.13. The maximum Gasteiger partial charge on any atom is 0.146 e. The molecule has 110 valence electrons. The molecule has 0 spiro atoms. The number of benzene rings is 2. The van der Waals surface area contributed by atoms with Crippen molar-refractivity contribution in [3.8, 4) is 11.5 Å². The molecule has 1 aliphatic rings. The highest BCUT2D eigenvalue weighted by Gasteiger charge is 2.21. The average Bonchev–Trinajstić information content (AvgIpc) is 3.26. The molecule has 0 aromatic heterocycles. The van der Waals surface area contributed by atoms with E-state index in [1.54, 1.807) is 0 Å². The molecule has 2 aromatic rings. The zero-order valence-electron chi connectivity index (χ0n) is 11.8. The summed E-state index contributed by atoms with van der Waals surface area (Å²) >= 11 is 12.3. The van der Waals surface area contributed by atoms with Crippen LogP contribution in [0.2, 0.25) is 10.0 Å². The molecule has 4 heteroatoms. The molecular weight excluding hydrogens is 305 g/mol. The molecule has 0 unspecified atom stereocenters. The van der Waals surface area contributed by atoms with Crippen molar-refractivity contribution in [1.82, 2.24) is 5.32 Å². The van der Waals surface area contributed by atoms with Crippen molar-refractivity contribution in [2.45, 2.75) is 32.4 Å². The Labute approximate surface area is 135 Å². The van der Waals surface area contributed by atoms with Crippen LogP contribution < -0.4 is 10.1 Å². The first kappa shape index (κ1) is 14.7. The monoisotopic (exact) mass is 321 g/mol. The van der Waals surface area contributed by atoms with Gasteiger partial charge in [0, 0.05) is 23.2 Å². The van der Waals surface area contributed by atoms with Crippen LogP contribution in [0.4, 0.5) is 0 Å². The van der Waals surface area contributed by atoms with Crippen molar-refractivity contribution in [1.29, 1.82) is 0 Å². The summed E-state index contributed by atoms with van der Waals surface area (Å²) in [7, 11) is 0. The first-order chi connectivity index (χ1) is 10.1. The van der Waals surface area contributed by atoms with Crippen LogP contribution in [0.3, 0.4) is 0 Å². The molecule has 1 aliphatic carbocycles. The summed E-state index contributed by atoms with van der Waals surface area (Å²) in [6.45, 7) is 2.76. The Bertz CT molecular complexity index is 653. The van der Waals surface area contributed by atoms with Gasteiger partial charge in [0.25, 0.3) is 0 Å². The van der Waals surface area contributed by atoms with E-state index in [2.05, 4.69) is 5.32 Å². The SMILES string of the molecule is Cc1ccc(Oc2ccc(Cl)cc2CNC2CC2)c(Cl)c1. The van der Waals surface area contributed by atoms with Crippen molar-refractivity contribution in [2.24, 2.45) is 0 Å². The predicted molar refractivity (Wildman–Crippen MR) is 87.6 cm³/mol. The third kappa shape index (κ3) is 3.91. The highest BCUT2D eigenvalue weighted by atomic mass is 35.5. The molecule has 0 atom stereocenters. The summed E-state index contributed by atoms with van der Waals surface area (Å²) in [5, 5.41) is 4.81. The topological polar surface area (TPSA) is 21.3 Å². The van der Waals surface area contributed by atoms with E-state index in [0.29, 0.717) is 21.8 Å². The van der Waals surface area contributed by atoms with Gasteiger partial charge >= 0.3 is 0 Å². The molecule has 0 amide bonds. The normalized spacial score (nSPS) is 14.2. The molecule has 0 radical (unpaired) electrons. The first-order valence-corrected chi connectivity index (χ1v) is 7.83.